The zero-order chi connectivity index (χ0) is 17.4. The van der Waals surface area contributed by atoms with Crippen LogP contribution in [0, 0.1) is 11.3 Å². The van der Waals surface area contributed by atoms with E-state index in [2.05, 4.69) is 11.1 Å². The maximum Gasteiger partial charge on any atom is 0.410 e. The second-order valence-corrected chi connectivity index (χ2v) is 8.82. The van der Waals surface area contributed by atoms with Gasteiger partial charge in [-0.2, -0.15) is 0 Å². The summed E-state index contributed by atoms with van der Waals surface area (Å²) in [6.45, 7) is 7.39. The molecule has 1 amide bonds. The molecular formula is C19H27ClN2O2. The summed E-state index contributed by atoms with van der Waals surface area (Å²) in [6.07, 6.45) is 7.53. The monoisotopic (exact) mass is 350 g/mol. The van der Waals surface area contributed by atoms with E-state index in [9.17, 15) is 4.79 Å². The number of pyridine rings is 1. The van der Waals surface area contributed by atoms with Crippen molar-refractivity contribution in [2.75, 3.05) is 13.1 Å². The van der Waals surface area contributed by atoms with Gasteiger partial charge in [-0.1, -0.05) is 17.7 Å². The number of halogens is 1. The van der Waals surface area contributed by atoms with Crippen molar-refractivity contribution in [3.05, 3.63) is 29.0 Å². The smallest absolute Gasteiger partial charge is 0.410 e. The van der Waals surface area contributed by atoms with Crippen molar-refractivity contribution in [2.45, 2.75) is 58.5 Å². The fourth-order valence-electron chi connectivity index (χ4n) is 4.07. The summed E-state index contributed by atoms with van der Waals surface area (Å²) in [5.74, 6) is 0.737. The van der Waals surface area contributed by atoms with Gasteiger partial charge in [-0.15, -0.1) is 0 Å². The summed E-state index contributed by atoms with van der Waals surface area (Å²) in [5.41, 5.74) is 1.30. The molecule has 2 fully saturated rings. The lowest BCUT2D eigenvalue weighted by Gasteiger charge is -2.52. The number of carbonyl (C=O) groups is 1. The second kappa shape index (κ2) is 6.55. The highest BCUT2D eigenvalue weighted by Crippen LogP contribution is 2.53. The van der Waals surface area contributed by atoms with Crippen molar-refractivity contribution in [3.63, 3.8) is 0 Å². The molecule has 3 rings (SSSR count). The van der Waals surface area contributed by atoms with Crippen molar-refractivity contribution in [1.82, 2.24) is 9.88 Å². The van der Waals surface area contributed by atoms with Crippen LogP contribution >= 0.6 is 11.6 Å². The Balaban J connectivity index is 1.45. The minimum absolute atomic E-state index is 0.166. The van der Waals surface area contributed by atoms with Gasteiger partial charge in [0, 0.05) is 19.3 Å². The first-order valence-electron chi connectivity index (χ1n) is 8.83. The average molecular weight is 351 g/mol. The van der Waals surface area contributed by atoms with E-state index in [1.807, 2.05) is 37.9 Å². The molecule has 0 atom stereocenters. The highest BCUT2D eigenvalue weighted by Gasteiger charge is 2.46. The first-order valence-corrected chi connectivity index (χ1v) is 9.21. The molecule has 1 aliphatic heterocycles. The quantitative estimate of drug-likeness (QED) is 0.726. The Kier molecular flexibility index (Phi) is 4.78. The van der Waals surface area contributed by atoms with Gasteiger partial charge >= 0.3 is 6.09 Å². The van der Waals surface area contributed by atoms with Crippen LogP contribution in [0.2, 0.25) is 5.15 Å². The zero-order valence-electron chi connectivity index (χ0n) is 14.8. The molecule has 2 aliphatic rings. The lowest BCUT2D eigenvalue weighted by atomic mass is 9.56. The number of likely N-dealkylation sites (tertiary alicyclic amines) is 1. The molecule has 1 spiro atoms. The highest BCUT2D eigenvalue weighted by molar-refractivity contribution is 6.29. The van der Waals surface area contributed by atoms with Gasteiger partial charge in [0.05, 0.1) is 0 Å². The topological polar surface area (TPSA) is 42.4 Å². The molecule has 0 unspecified atom stereocenters. The van der Waals surface area contributed by atoms with Crippen LogP contribution in [0.25, 0.3) is 0 Å². The molecular weight excluding hydrogens is 324 g/mol. The maximum absolute atomic E-state index is 12.2. The van der Waals surface area contributed by atoms with Gasteiger partial charge in [-0.05, 0) is 75.8 Å². The van der Waals surface area contributed by atoms with Crippen LogP contribution in [0.1, 0.15) is 52.0 Å². The fourth-order valence-corrected chi connectivity index (χ4v) is 4.18. The van der Waals surface area contributed by atoms with E-state index >= 15 is 0 Å². The SMILES string of the molecule is CC(C)(C)OC(=O)N1CCC2(CC1)CC(Cc1ccc(Cl)nc1)C2. The summed E-state index contributed by atoms with van der Waals surface area (Å²) in [5, 5.41) is 0.554. The molecule has 1 aromatic heterocycles. The Morgan fingerprint density at radius 2 is 2.00 bits per heavy atom. The second-order valence-electron chi connectivity index (χ2n) is 8.43. The molecule has 0 bridgehead atoms. The van der Waals surface area contributed by atoms with Crippen LogP contribution in [-0.4, -0.2) is 34.7 Å². The van der Waals surface area contributed by atoms with Crippen molar-refractivity contribution in [1.29, 1.82) is 0 Å². The standard InChI is InChI=1S/C19H27ClN2O2/c1-18(2,3)24-17(23)22-8-6-19(7-9-22)11-15(12-19)10-14-4-5-16(20)21-13-14/h4-5,13,15H,6-12H2,1-3H3. The number of rotatable bonds is 2. The summed E-state index contributed by atoms with van der Waals surface area (Å²) in [7, 11) is 0. The lowest BCUT2D eigenvalue weighted by Crippen LogP contribution is -2.50. The number of nitrogens with zero attached hydrogens (tertiary/aromatic N) is 2. The van der Waals surface area contributed by atoms with Crippen LogP contribution in [0.3, 0.4) is 0 Å². The third-order valence-electron chi connectivity index (χ3n) is 5.23. The minimum atomic E-state index is -0.416. The number of ether oxygens (including phenoxy) is 1. The summed E-state index contributed by atoms with van der Waals surface area (Å²) < 4.78 is 5.48. The molecule has 132 valence electrons. The predicted molar refractivity (Wildman–Crippen MR) is 95.1 cm³/mol. The molecule has 0 aromatic carbocycles. The number of hydrogen-bond acceptors (Lipinski definition) is 3. The highest BCUT2D eigenvalue weighted by atomic mass is 35.5. The summed E-state index contributed by atoms with van der Waals surface area (Å²) in [6, 6.07) is 3.94. The Morgan fingerprint density at radius 3 is 2.54 bits per heavy atom. The van der Waals surface area contributed by atoms with E-state index in [1.54, 1.807) is 0 Å². The fraction of sp³-hybridized carbons (Fsp3) is 0.684. The molecule has 4 nitrogen and oxygen atoms in total. The molecule has 1 saturated carbocycles. The summed E-state index contributed by atoms with van der Waals surface area (Å²) in [4.78, 5) is 18.2. The predicted octanol–water partition coefficient (Wildman–Crippen LogP) is 4.70. The Labute approximate surface area is 149 Å². The third kappa shape index (κ3) is 4.21. The summed E-state index contributed by atoms with van der Waals surface area (Å²) >= 11 is 5.84. The Bertz CT molecular complexity index is 578. The van der Waals surface area contributed by atoms with Gasteiger partial charge in [-0.25, -0.2) is 9.78 Å². The van der Waals surface area contributed by atoms with E-state index in [0.717, 1.165) is 38.3 Å². The van der Waals surface area contributed by atoms with Gasteiger partial charge in [-0.3, -0.25) is 0 Å². The number of amides is 1. The first-order chi connectivity index (χ1) is 11.2. The van der Waals surface area contributed by atoms with Crippen molar-refractivity contribution >= 4 is 17.7 Å². The Hall–Kier alpha value is -1.29. The normalized spacial score (nSPS) is 20.8. The molecule has 24 heavy (non-hydrogen) atoms. The van der Waals surface area contributed by atoms with Crippen molar-refractivity contribution in [2.24, 2.45) is 11.3 Å². The number of aromatic nitrogens is 1. The average Bonchev–Trinajstić information content (AvgIpc) is 2.47. The number of hydrogen-bond donors (Lipinski definition) is 0. The van der Waals surface area contributed by atoms with Gasteiger partial charge in [0.1, 0.15) is 10.8 Å². The van der Waals surface area contributed by atoms with E-state index < -0.39 is 5.60 Å². The first kappa shape index (κ1) is 17.5. The molecule has 0 radical (unpaired) electrons. The minimum Gasteiger partial charge on any atom is -0.444 e. The van der Waals surface area contributed by atoms with E-state index in [-0.39, 0.29) is 6.09 Å². The van der Waals surface area contributed by atoms with E-state index in [0.29, 0.717) is 10.6 Å². The number of carbonyl (C=O) groups excluding carboxylic acids is 1. The zero-order valence-corrected chi connectivity index (χ0v) is 15.6. The molecule has 2 heterocycles. The molecule has 1 aromatic rings. The molecule has 1 aliphatic carbocycles. The Morgan fingerprint density at radius 1 is 1.33 bits per heavy atom. The van der Waals surface area contributed by atoms with Crippen LogP contribution in [0.5, 0.6) is 0 Å². The van der Waals surface area contributed by atoms with Crippen LogP contribution in [0.4, 0.5) is 4.79 Å². The van der Waals surface area contributed by atoms with Gasteiger partial charge in [0.25, 0.3) is 0 Å². The number of piperidine rings is 1. The molecule has 1 saturated heterocycles. The van der Waals surface area contributed by atoms with E-state index in [1.165, 1.54) is 18.4 Å². The van der Waals surface area contributed by atoms with Crippen molar-refractivity contribution in [3.8, 4) is 0 Å². The van der Waals surface area contributed by atoms with Crippen molar-refractivity contribution < 1.29 is 9.53 Å². The van der Waals surface area contributed by atoms with Gasteiger partial charge < -0.3 is 9.64 Å². The molecule has 5 heteroatoms. The third-order valence-corrected chi connectivity index (χ3v) is 5.46. The van der Waals surface area contributed by atoms with Crippen LogP contribution < -0.4 is 0 Å². The lowest BCUT2D eigenvalue weighted by molar-refractivity contribution is -0.0270. The van der Waals surface area contributed by atoms with Crippen LogP contribution in [-0.2, 0) is 11.2 Å². The van der Waals surface area contributed by atoms with Gasteiger partial charge in [0.2, 0.25) is 0 Å². The molecule has 0 N–H and O–H groups in total. The largest absolute Gasteiger partial charge is 0.444 e. The maximum atomic E-state index is 12.2. The van der Waals surface area contributed by atoms with E-state index in [4.69, 9.17) is 16.3 Å². The van der Waals surface area contributed by atoms with Gasteiger partial charge in [0.15, 0.2) is 0 Å². The van der Waals surface area contributed by atoms with Crippen LogP contribution in [0.15, 0.2) is 18.3 Å².